The highest BCUT2D eigenvalue weighted by Crippen LogP contribution is 2.28. The van der Waals surface area contributed by atoms with E-state index in [4.69, 9.17) is 9.47 Å². The standard InChI is InChI=1S/C30H44N4O5/c1-21-18-34(22(2)20-35)29(36)26-17-25(32-30(37)31-24-12-7-6-8-13-24)14-15-27(26)39-23(3)11-9-10-16-38-28(21)19-33(4)5/h6-8,12-15,17,21-23,28,35H,9-11,16,18-20H2,1-5H3,(H2,31,32,37)/t21-,22-,23-,28-/m0/s1. The molecule has 9 heteroatoms. The number of anilines is 2. The molecule has 0 spiro atoms. The van der Waals surface area contributed by atoms with Crippen molar-refractivity contribution in [2.24, 2.45) is 5.92 Å². The molecule has 2 aromatic carbocycles. The summed E-state index contributed by atoms with van der Waals surface area (Å²) in [4.78, 5) is 30.5. The maximum atomic E-state index is 14.1. The van der Waals surface area contributed by atoms with E-state index in [1.807, 2.05) is 46.1 Å². The highest BCUT2D eigenvalue weighted by molar-refractivity contribution is 6.02. The topological polar surface area (TPSA) is 103 Å². The lowest BCUT2D eigenvalue weighted by molar-refractivity contribution is -0.0137. The number of urea groups is 1. The van der Waals surface area contributed by atoms with Gasteiger partial charge in [0.1, 0.15) is 5.75 Å². The molecule has 1 aliphatic rings. The summed E-state index contributed by atoms with van der Waals surface area (Å²) in [6.45, 7) is 7.50. The van der Waals surface area contributed by atoms with Gasteiger partial charge in [0.2, 0.25) is 0 Å². The van der Waals surface area contributed by atoms with Crippen LogP contribution in [0.2, 0.25) is 0 Å². The second-order valence-electron chi connectivity index (χ2n) is 10.7. The molecular formula is C30H44N4O5. The van der Waals surface area contributed by atoms with Crippen LogP contribution in [-0.2, 0) is 4.74 Å². The zero-order valence-corrected chi connectivity index (χ0v) is 23.9. The Bertz CT molecular complexity index is 1060. The molecule has 0 bridgehead atoms. The van der Waals surface area contributed by atoms with Gasteiger partial charge in [-0.3, -0.25) is 4.79 Å². The molecule has 0 aromatic heterocycles. The Kier molecular flexibility index (Phi) is 11.6. The Morgan fingerprint density at radius 2 is 1.82 bits per heavy atom. The third kappa shape index (κ3) is 9.23. The summed E-state index contributed by atoms with van der Waals surface area (Å²) in [6.07, 6.45) is 2.51. The lowest BCUT2D eigenvalue weighted by atomic mass is 10.0. The van der Waals surface area contributed by atoms with Crippen molar-refractivity contribution in [2.75, 3.05) is 51.0 Å². The predicted molar refractivity (Wildman–Crippen MR) is 155 cm³/mol. The fourth-order valence-corrected chi connectivity index (χ4v) is 4.64. The van der Waals surface area contributed by atoms with Gasteiger partial charge in [-0.15, -0.1) is 0 Å². The van der Waals surface area contributed by atoms with Crippen LogP contribution in [0.5, 0.6) is 5.75 Å². The third-order valence-electron chi connectivity index (χ3n) is 6.89. The van der Waals surface area contributed by atoms with Crippen LogP contribution in [0.1, 0.15) is 50.4 Å². The van der Waals surface area contributed by atoms with Gasteiger partial charge in [-0.05, 0) is 77.5 Å². The number of carbonyl (C=O) groups excluding carboxylic acids is 2. The summed E-state index contributed by atoms with van der Waals surface area (Å²) >= 11 is 0. The Morgan fingerprint density at radius 3 is 2.51 bits per heavy atom. The Labute approximate surface area is 232 Å². The number of para-hydroxylation sites is 1. The average Bonchev–Trinajstić information content (AvgIpc) is 2.90. The number of aliphatic hydroxyl groups excluding tert-OH is 1. The van der Waals surface area contributed by atoms with Gasteiger partial charge in [-0.1, -0.05) is 25.1 Å². The van der Waals surface area contributed by atoms with Crippen molar-refractivity contribution in [1.82, 2.24) is 9.80 Å². The Hall–Kier alpha value is -3.14. The number of fused-ring (bicyclic) bond motifs is 1. The van der Waals surface area contributed by atoms with E-state index in [0.717, 1.165) is 25.8 Å². The molecule has 1 aliphatic heterocycles. The van der Waals surface area contributed by atoms with E-state index >= 15 is 0 Å². The number of hydrogen-bond donors (Lipinski definition) is 3. The number of benzene rings is 2. The van der Waals surface area contributed by atoms with Gasteiger partial charge in [0.15, 0.2) is 0 Å². The fraction of sp³-hybridized carbons (Fsp3) is 0.533. The van der Waals surface area contributed by atoms with Crippen LogP contribution in [0.4, 0.5) is 16.2 Å². The molecule has 0 aliphatic carbocycles. The van der Waals surface area contributed by atoms with Crippen LogP contribution in [-0.4, -0.2) is 85.5 Å². The summed E-state index contributed by atoms with van der Waals surface area (Å²) in [7, 11) is 4.02. The van der Waals surface area contributed by atoms with Crippen molar-refractivity contribution in [3.63, 3.8) is 0 Å². The van der Waals surface area contributed by atoms with E-state index in [0.29, 0.717) is 35.8 Å². The summed E-state index contributed by atoms with van der Waals surface area (Å²) in [5, 5.41) is 15.7. The smallest absolute Gasteiger partial charge is 0.323 e. The Balaban J connectivity index is 1.93. The maximum absolute atomic E-state index is 14.1. The monoisotopic (exact) mass is 540 g/mol. The zero-order valence-electron chi connectivity index (χ0n) is 23.9. The molecule has 39 heavy (non-hydrogen) atoms. The van der Waals surface area contributed by atoms with E-state index < -0.39 is 12.1 Å². The number of aliphatic hydroxyl groups is 1. The minimum Gasteiger partial charge on any atom is -0.490 e. The molecule has 3 amide bonds. The van der Waals surface area contributed by atoms with Gasteiger partial charge in [0.25, 0.3) is 5.91 Å². The molecule has 9 nitrogen and oxygen atoms in total. The van der Waals surface area contributed by atoms with Crippen LogP contribution in [0.3, 0.4) is 0 Å². The number of hydrogen-bond acceptors (Lipinski definition) is 6. The van der Waals surface area contributed by atoms with E-state index in [1.165, 1.54) is 0 Å². The molecule has 214 valence electrons. The first-order valence-electron chi connectivity index (χ1n) is 13.8. The molecular weight excluding hydrogens is 496 g/mol. The molecule has 4 atom stereocenters. The summed E-state index contributed by atoms with van der Waals surface area (Å²) in [5.74, 6) is 0.218. The number of rotatable bonds is 6. The van der Waals surface area contributed by atoms with Gasteiger partial charge in [-0.2, -0.15) is 0 Å². The van der Waals surface area contributed by atoms with Crippen LogP contribution < -0.4 is 15.4 Å². The van der Waals surface area contributed by atoms with Crippen LogP contribution in [0, 0.1) is 5.92 Å². The number of amides is 3. The van der Waals surface area contributed by atoms with Gasteiger partial charge in [0.05, 0.1) is 30.4 Å². The predicted octanol–water partition coefficient (Wildman–Crippen LogP) is 4.69. The molecule has 0 unspecified atom stereocenters. The number of ether oxygens (including phenoxy) is 2. The minimum absolute atomic E-state index is 0.0227. The summed E-state index contributed by atoms with van der Waals surface area (Å²) in [5.41, 5.74) is 1.47. The van der Waals surface area contributed by atoms with Crippen LogP contribution >= 0.6 is 0 Å². The fourth-order valence-electron chi connectivity index (χ4n) is 4.64. The van der Waals surface area contributed by atoms with E-state index in [9.17, 15) is 14.7 Å². The molecule has 1 heterocycles. The summed E-state index contributed by atoms with van der Waals surface area (Å²) in [6, 6.07) is 13.4. The second-order valence-corrected chi connectivity index (χ2v) is 10.7. The third-order valence-corrected chi connectivity index (χ3v) is 6.89. The van der Waals surface area contributed by atoms with Gasteiger partial charge < -0.3 is 35.0 Å². The number of nitrogens with zero attached hydrogens (tertiary/aromatic N) is 2. The lowest BCUT2D eigenvalue weighted by Gasteiger charge is -2.35. The van der Waals surface area contributed by atoms with Gasteiger partial charge >= 0.3 is 6.03 Å². The molecule has 0 saturated carbocycles. The van der Waals surface area contributed by atoms with Crippen LogP contribution in [0.25, 0.3) is 0 Å². The second kappa shape index (κ2) is 14.9. The summed E-state index contributed by atoms with van der Waals surface area (Å²) < 4.78 is 12.5. The zero-order chi connectivity index (χ0) is 28.4. The molecule has 0 fully saturated rings. The number of likely N-dealkylation sites (N-methyl/N-ethyl adjacent to an activating group) is 1. The SMILES string of the molecule is C[C@H]1CCCCO[C@@H](CN(C)C)[C@@H](C)CN([C@@H](C)CO)C(=O)c2cc(NC(=O)Nc3ccccc3)ccc2O1. The van der Waals surface area contributed by atoms with Crippen molar-refractivity contribution in [2.45, 2.75) is 58.3 Å². The lowest BCUT2D eigenvalue weighted by Crippen LogP contribution is -2.47. The molecule has 0 saturated heterocycles. The molecule has 2 aromatic rings. The van der Waals surface area contributed by atoms with Gasteiger partial charge in [0, 0.05) is 37.0 Å². The highest BCUT2D eigenvalue weighted by atomic mass is 16.5. The van der Waals surface area contributed by atoms with Crippen molar-refractivity contribution in [3.05, 3.63) is 54.1 Å². The molecule has 3 N–H and O–H groups in total. The molecule has 3 rings (SSSR count). The van der Waals surface area contributed by atoms with Crippen molar-refractivity contribution in [1.29, 1.82) is 0 Å². The van der Waals surface area contributed by atoms with E-state index in [1.54, 1.807) is 35.2 Å². The van der Waals surface area contributed by atoms with E-state index in [-0.39, 0.29) is 30.6 Å². The van der Waals surface area contributed by atoms with E-state index in [2.05, 4.69) is 22.5 Å². The first-order valence-corrected chi connectivity index (χ1v) is 13.8. The van der Waals surface area contributed by atoms with Gasteiger partial charge in [-0.25, -0.2) is 4.79 Å². The van der Waals surface area contributed by atoms with Crippen molar-refractivity contribution in [3.8, 4) is 5.75 Å². The highest BCUT2D eigenvalue weighted by Gasteiger charge is 2.30. The minimum atomic E-state index is -0.420. The quantitative estimate of drug-likeness (QED) is 0.491. The largest absolute Gasteiger partial charge is 0.490 e. The molecule has 0 radical (unpaired) electrons. The first-order chi connectivity index (χ1) is 18.7. The number of carbonyl (C=O) groups is 2. The van der Waals surface area contributed by atoms with Crippen LogP contribution in [0.15, 0.2) is 48.5 Å². The number of nitrogens with one attached hydrogen (secondary N) is 2. The Morgan fingerprint density at radius 1 is 1.10 bits per heavy atom. The average molecular weight is 541 g/mol. The first kappa shape index (κ1) is 30.4. The van der Waals surface area contributed by atoms with Crippen molar-refractivity contribution >= 4 is 23.3 Å². The normalized spacial score (nSPS) is 21.9. The van der Waals surface area contributed by atoms with Crippen molar-refractivity contribution < 1.29 is 24.2 Å². The maximum Gasteiger partial charge on any atom is 0.323 e.